The third-order valence-corrected chi connectivity index (χ3v) is 2.35. The summed E-state index contributed by atoms with van der Waals surface area (Å²) in [5.41, 5.74) is 0.169. The van der Waals surface area contributed by atoms with Crippen LogP contribution in [0.4, 0.5) is 0 Å². The number of carbonyl (C=O) groups excluding carboxylic acids is 1. The second-order valence-corrected chi connectivity index (χ2v) is 3.36. The van der Waals surface area contributed by atoms with Crippen LogP contribution in [0.5, 0.6) is 0 Å². The van der Waals surface area contributed by atoms with Crippen molar-refractivity contribution >= 4 is 17.5 Å². The Hall–Kier alpha value is -2.17. The Morgan fingerprint density at radius 3 is 2.88 bits per heavy atom. The van der Waals surface area contributed by atoms with Crippen molar-refractivity contribution in [1.82, 2.24) is 0 Å². The zero-order chi connectivity index (χ0) is 11.7. The van der Waals surface area contributed by atoms with E-state index in [0.29, 0.717) is 11.5 Å². The molecule has 0 aromatic rings. The second-order valence-electron chi connectivity index (χ2n) is 3.36. The van der Waals surface area contributed by atoms with Crippen LogP contribution in [-0.4, -0.2) is 29.7 Å². The number of nitrogens with zero attached hydrogens (tertiary/aromatic N) is 1. The SMILES string of the molecule is COC1=CC2=NC(C(=O)O)=CC(=O)C2C=C1. The molecule has 2 rings (SSSR count). The molecule has 0 aromatic heterocycles. The predicted octanol–water partition coefficient (Wildman–Crippen LogP) is 0.695. The van der Waals surface area contributed by atoms with Crippen molar-refractivity contribution in [3.8, 4) is 0 Å². The fraction of sp³-hybridized carbons (Fsp3) is 0.182. The van der Waals surface area contributed by atoms with Crippen LogP contribution in [0, 0.1) is 5.92 Å². The molecule has 5 nitrogen and oxygen atoms in total. The first-order valence-electron chi connectivity index (χ1n) is 4.63. The molecule has 0 saturated carbocycles. The molecule has 1 N–H and O–H groups in total. The van der Waals surface area contributed by atoms with Gasteiger partial charge in [-0.2, -0.15) is 0 Å². The van der Waals surface area contributed by atoms with Crippen LogP contribution < -0.4 is 0 Å². The largest absolute Gasteiger partial charge is 0.497 e. The third-order valence-electron chi connectivity index (χ3n) is 2.35. The zero-order valence-electron chi connectivity index (χ0n) is 8.51. The number of ether oxygens (including phenoxy) is 1. The maximum Gasteiger partial charge on any atom is 0.354 e. The molecule has 0 radical (unpaired) electrons. The highest BCUT2D eigenvalue weighted by molar-refractivity contribution is 6.20. The third kappa shape index (κ3) is 1.67. The van der Waals surface area contributed by atoms with E-state index in [4.69, 9.17) is 9.84 Å². The summed E-state index contributed by atoms with van der Waals surface area (Å²) >= 11 is 0. The van der Waals surface area contributed by atoms with Gasteiger partial charge in [-0.1, -0.05) is 6.08 Å². The first-order valence-corrected chi connectivity index (χ1v) is 4.63. The first kappa shape index (κ1) is 10.4. The maximum absolute atomic E-state index is 11.6. The minimum absolute atomic E-state index is 0.238. The number of fused-ring (bicyclic) bond motifs is 1. The number of allylic oxidation sites excluding steroid dienone is 4. The van der Waals surface area contributed by atoms with Crippen LogP contribution in [0.2, 0.25) is 0 Å². The van der Waals surface area contributed by atoms with Crippen molar-refractivity contribution < 1.29 is 19.4 Å². The topological polar surface area (TPSA) is 76.0 Å². The fourth-order valence-corrected chi connectivity index (χ4v) is 1.55. The molecule has 0 amide bonds. The molecule has 1 unspecified atom stereocenters. The molecule has 1 heterocycles. The van der Waals surface area contributed by atoms with Gasteiger partial charge in [-0.3, -0.25) is 4.79 Å². The van der Waals surface area contributed by atoms with Gasteiger partial charge in [0.15, 0.2) is 11.5 Å². The molecule has 1 atom stereocenters. The Morgan fingerprint density at radius 2 is 2.25 bits per heavy atom. The second kappa shape index (κ2) is 3.77. The molecule has 16 heavy (non-hydrogen) atoms. The molecular formula is C11H9NO4. The van der Waals surface area contributed by atoms with Gasteiger partial charge in [0.05, 0.1) is 18.7 Å². The summed E-state index contributed by atoms with van der Waals surface area (Å²) in [4.78, 5) is 26.2. The molecule has 0 fully saturated rings. The van der Waals surface area contributed by atoms with E-state index in [0.717, 1.165) is 6.08 Å². The number of rotatable bonds is 2. The summed E-state index contributed by atoms with van der Waals surface area (Å²) in [6.07, 6.45) is 5.93. The minimum atomic E-state index is -1.21. The van der Waals surface area contributed by atoms with Gasteiger partial charge in [-0.25, -0.2) is 9.79 Å². The number of hydrogen-bond acceptors (Lipinski definition) is 4. The van der Waals surface area contributed by atoms with Crippen LogP contribution in [0.1, 0.15) is 0 Å². The lowest BCUT2D eigenvalue weighted by Gasteiger charge is -2.19. The van der Waals surface area contributed by atoms with Gasteiger partial charge < -0.3 is 9.84 Å². The molecule has 1 aliphatic carbocycles. The number of methoxy groups -OCH3 is 1. The van der Waals surface area contributed by atoms with Crippen molar-refractivity contribution in [3.05, 3.63) is 35.8 Å². The summed E-state index contributed by atoms with van der Waals surface area (Å²) in [5, 5.41) is 8.77. The van der Waals surface area contributed by atoms with Crippen molar-refractivity contribution in [3.63, 3.8) is 0 Å². The standard InChI is InChI=1S/C11H9NO4/c1-16-6-2-3-7-8(4-6)12-9(11(14)15)5-10(7)13/h2-5,7H,1H3,(H,14,15). The van der Waals surface area contributed by atoms with Gasteiger partial charge in [0, 0.05) is 12.2 Å². The summed E-state index contributed by atoms with van der Waals surface area (Å²) < 4.78 is 4.99. The van der Waals surface area contributed by atoms with Gasteiger partial charge in [0.1, 0.15) is 5.76 Å². The molecule has 82 valence electrons. The van der Waals surface area contributed by atoms with Crippen molar-refractivity contribution in [2.45, 2.75) is 0 Å². The number of aliphatic carboxylic acids is 1. The van der Waals surface area contributed by atoms with E-state index in [1.807, 2.05) is 0 Å². The quantitative estimate of drug-likeness (QED) is 0.741. The summed E-state index contributed by atoms with van der Waals surface area (Å²) in [6.45, 7) is 0. The van der Waals surface area contributed by atoms with Crippen LogP contribution in [0.15, 0.2) is 40.8 Å². The van der Waals surface area contributed by atoms with Gasteiger partial charge in [-0.15, -0.1) is 0 Å². The number of carboxylic acids is 1. The molecular weight excluding hydrogens is 210 g/mol. The fourth-order valence-electron chi connectivity index (χ4n) is 1.55. The lowest BCUT2D eigenvalue weighted by molar-refractivity contribution is -0.133. The highest BCUT2D eigenvalue weighted by Gasteiger charge is 2.28. The Kier molecular flexibility index (Phi) is 2.44. The molecule has 1 aliphatic heterocycles. The molecule has 0 aromatic carbocycles. The average molecular weight is 219 g/mol. The molecule has 0 saturated heterocycles. The van der Waals surface area contributed by atoms with E-state index in [2.05, 4.69) is 4.99 Å². The number of ketones is 1. The minimum Gasteiger partial charge on any atom is -0.497 e. The van der Waals surface area contributed by atoms with E-state index in [1.54, 1.807) is 18.2 Å². The zero-order valence-corrected chi connectivity index (χ0v) is 8.51. The van der Waals surface area contributed by atoms with Gasteiger partial charge in [0.25, 0.3) is 0 Å². The first-order chi connectivity index (χ1) is 7.61. The van der Waals surface area contributed by atoms with Crippen molar-refractivity contribution in [1.29, 1.82) is 0 Å². The smallest absolute Gasteiger partial charge is 0.354 e. The molecule has 0 bridgehead atoms. The predicted molar refractivity (Wildman–Crippen MR) is 55.9 cm³/mol. The van der Waals surface area contributed by atoms with Crippen molar-refractivity contribution in [2.24, 2.45) is 10.9 Å². The highest BCUT2D eigenvalue weighted by Crippen LogP contribution is 2.22. The maximum atomic E-state index is 11.6. The lowest BCUT2D eigenvalue weighted by atomic mass is 9.90. The molecule has 5 heteroatoms. The normalized spacial score (nSPS) is 22.9. The van der Waals surface area contributed by atoms with E-state index in [1.165, 1.54) is 7.11 Å². The van der Waals surface area contributed by atoms with Crippen LogP contribution in [0.25, 0.3) is 0 Å². The summed E-state index contributed by atoms with van der Waals surface area (Å²) in [6, 6.07) is 0. The van der Waals surface area contributed by atoms with Crippen LogP contribution in [0.3, 0.4) is 0 Å². The van der Waals surface area contributed by atoms with Gasteiger partial charge in [0.2, 0.25) is 0 Å². The summed E-state index contributed by atoms with van der Waals surface area (Å²) in [7, 11) is 1.50. The summed E-state index contributed by atoms with van der Waals surface area (Å²) in [5.74, 6) is -1.41. The van der Waals surface area contributed by atoms with Crippen molar-refractivity contribution in [2.75, 3.05) is 7.11 Å². The molecule has 0 spiro atoms. The Balaban J connectivity index is 2.41. The monoisotopic (exact) mass is 219 g/mol. The highest BCUT2D eigenvalue weighted by atomic mass is 16.5. The van der Waals surface area contributed by atoms with E-state index in [9.17, 15) is 9.59 Å². The Morgan fingerprint density at radius 1 is 1.50 bits per heavy atom. The van der Waals surface area contributed by atoms with Crippen LogP contribution in [-0.2, 0) is 14.3 Å². The van der Waals surface area contributed by atoms with E-state index >= 15 is 0 Å². The lowest BCUT2D eigenvalue weighted by Crippen LogP contribution is -2.26. The van der Waals surface area contributed by atoms with Gasteiger partial charge >= 0.3 is 5.97 Å². The number of carboxylic acid groups (broad SMARTS) is 1. The van der Waals surface area contributed by atoms with E-state index in [-0.39, 0.29) is 11.5 Å². The average Bonchev–Trinajstić information content (AvgIpc) is 2.28. The number of carbonyl (C=O) groups is 2. The van der Waals surface area contributed by atoms with Gasteiger partial charge in [-0.05, 0) is 6.08 Å². The molecule has 2 aliphatic rings. The Bertz CT molecular complexity index is 482. The van der Waals surface area contributed by atoms with Crippen LogP contribution >= 0.6 is 0 Å². The van der Waals surface area contributed by atoms with E-state index < -0.39 is 11.9 Å². The Labute approximate surface area is 91.4 Å². The number of hydrogen-bond donors (Lipinski definition) is 1. The number of aliphatic imine (C=N–C) groups is 1.